The lowest BCUT2D eigenvalue weighted by atomic mass is 10.2. The molecule has 0 aromatic carbocycles. The standard InChI is InChI=1S/C13H19N3O2/c1-13(2,3)18-12(17)16-5-4-9-6-10(7-14)15-8-11(9)16/h6,8H,4-5,7,14H2,1-3H3. The molecule has 0 unspecified atom stereocenters. The van der Waals surface area contributed by atoms with Gasteiger partial charge in [-0.05, 0) is 38.8 Å². The summed E-state index contributed by atoms with van der Waals surface area (Å²) in [6, 6.07) is 1.96. The molecule has 5 heteroatoms. The quantitative estimate of drug-likeness (QED) is 0.824. The zero-order valence-electron chi connectivity index (χ0n) is 11.1. The number of carbonyl (C=O) groups excluding carboxylic acids is 1. The van der Waals surface area contributed by atoms with Gasteiger partial charge in [0.25, 0.3) is 0 Å². The van der Waals surface area contributed by atoms with Crippen molar-refractivity contribution in [3.05, 3.63) is 23.5 Å². The first-order chi connectivity index (χ1) is 8.40. The Morgan fingerprint density at radius 1 is 1.56 bits per heavy atom. The SMILES string of the molecule is CC(C)(C)OC(=O)N1CCc2cc(CN)ncc21. The summed E-state index contributed by atoms with van der Waals surface area (Å²) in [6.45, 7) is 6.63. The number of ether oxygens (including phenoxy) is 1. The fraction of sp³-hybridized carbons (Fsp3) is 0.538. The second-order valence-electron chi connectivity index (χ2n) is 5.39. The van der Waals surface area contributed by atoms with E-state index in [1.54, 1.807) is 11.1 Å². The molecule has 0 saturated heterocycles. The number of fused-ring (bicyclic) bond motifs is 1. The highest BCUT2D eigenvalue weighted by Gasteiger charge is 2.29. The third-order valence-corrected chi connectivity index (χ3v) is 2.74. The molecular weight excluding hydrogens is 230 g/mol. The molecule has 0 spiro atoms. The van der Waals surface area contributed by atoms with Gasteiger partial charge in [-0.25, -0.2) is 4.79 Å². The van der Waals surface area contributed by atoms with Crippen molar-refractivity contribution < 1.29 is 9.53 Å². The molecule has 0 fully saturated rings. The molecule has 0 saturated carbocycles. The minimum atomic E-state index is -0.482. The summed E-state index contributed by atoms with van der Waals surface area (Å²) in [5.41, 5.74) is 7.86. The van der Waals surface area contributed by atoms with Crippen LogP contribution >= 0.6 is 0 Å². The van der Waals surface area contributed by atoms with Crippen LogP contribution in [0.15, 0.2) is 12.3 Å². The monoisotopic (exact) mass is 249 g/mol. The van der Waals surface area contributed by atoms with Crippen LogP contribution in [-0.4, -0.2) is 23.2 Å². The first kappa shape index (κ1) is 12.8. The topological polar surface area (TPSA) is 68.5 Å². The van der Waals surface area contributed by atoms with Crippen LogP contribution in [0.1, 0.15) is 32.0 Å². The second kappa shape index (κ2) is 4.57. The van der Waals surface area contributed by atoms with Crippen molar-refractivity contribution in [2.24, 2.45) is 5.73 Å². The summed E-state index contributed by atoms with van der Waals surface area (Å²) in [4.78, 5) is 17.9. The highest BCUT2D eigenvalue weighted by molar-refractivity contribution is 5.90. The van der Waals surface area contributed by atoms with Gasteiger partial charge in [0, 0.05) is 13.1 Å². The minimum absolute atomic E-state index is 0.316. The number of rotatable bonds is 1. The van der Waals surface area contributed by atoms with Crippen LogP contribution in [0.3, 0.4) is 0 Å². The van der Waals surface area contributed by atoms with Crippen LogP contribution < -0.4 is 10.6 Å². The number of hydrogen-bond acceptors (Lipinski definition) is 4. The number of pyridine rings is 1. The normalized spacial score (nSPS) is 14.6. The third-order valence-electron chi connectivity index (χ3n) is 2.74. The summed E-state index contributed by atoms with van der Waals surface area (Å²) in [6.07, 6.45) is 2.21. The number of anilines is 1. The average Bonchev–Trinajstić information content (AvgIpc) is 2.69. The van der Waals surface area contributed by atoms with Crippen molar-refractivity contribution in [3.63, 3.8) is 0 Å². The highest BCUT2D eigenvalue weighted by atomic mass is 16.6. The molecule has 0 bridgehead atoms. The summed E-state index contributed by atoms with van der Waals surface area (Å²) in [7, 11) is 0. The largest absolute Gasteiger partial charge is 0.443 e. The van der Waals surface area contributed by atoms with Crippen LogP contribution in [-0.2, 0) is 17.7 Å². The van der Waals surface area contributed by atoms with Crippen LogP contribution in [0.4, 0.5) is 10.5 Å². The Balaban J connectivity index is 2.19. The fourth-order valence-electron chi connectivity index (χ4n) is 1.95. The fourth-order valence-corrected chi connectivity index (χ4v) is 1.95. The van der Waals surface area contributed by atoms with E-state index in [9.17, 15) is 4.79 Å². The zero-order valence-corrected chi connectivity index (χ0v) is 11.1. The van der Waals surface area contributed by atoms with Gasteiger partial charge in [0.2, 0.25) is 0 Å². The molecule has 1 aliphatic rings. The van der Waals surface area contributed by atoms with Gasteiger partial charge in [0.05, 0.1) is 17.6 Å². The molecule has 1 aromatic rings. The summed E-state index contributed by atoms with van der Waals surface area (Å²) in [5.74, 6) is 0. The van der Waals surface area contributed by atoms with Gasteiger partial charge in [0.15, 0.2) is 0 Å². The second-order valence-corrected chi connectivity index (χ2v) is 5.39. The summed E-state index contributed by atoms with van der Waals surface area (Å²) >= 11 is 0. The first-order valence-corrected chi connectivity index (χ1v) is 6.09. The van der Waals surface area contributed by atoms with Crippen LogP contribution in [0.5, 0.6) is 0 Å². The Labute approximate surface area is 107 Å². The molecule has 1 aliphatic heterocycles. The zero-order chi connectivity index (χ0) is 13.3. The molecule has 1 aromatic heterocycles. The lowest BCUT2D eigenvalue weighted by Gasteiger charge is -2.24. The summed E-state index contributed by atoms with van der Waals surface area (Å²) in [5, 5.41) is 0. The van der Waals surface area contributed by atoms with Crippen LogP contribution in [0, 0.1) is 0 Å². The predicted molar refractivity (Wildman–Crippen MR) is 69.4 cm³/mol. The molecular formula is C13H19N3O2. The van der Waals surface area contributed by atoms with E-state index in [-0.39, 0.29) is 6.09 Å². The van der Waals surface area contributed by atoms with E-state index in [0.717, 1.165) is 23.4 Å². The highest BCUT2D eigenvalue weighted by Crippen LogP contribution is 2.29. The lowest BCUT2D eigenvalue weighted by molar-refractivity contribution is 0.0584. The maximum atomic E-state index is 12.0. The Bertz CT molecular complexity index is 466. The van der Waals surface area contributed by atoms with E-state index in [1.165, 1.54) is 0 Å². The van der Waals surface area contributed by atoms with Gasteiger partial charge >= 0.3 is 6.09 Å². The van der Waals surface area contributed by atoms with E-state index in [0.29, 0.717) is 13.1 Å². The molecule has 2 rings (SSSR count). The molecule has 0 aliphatic carbocycles. The van der Waals surface area contributed by atoms with Gasteiger partial charge in [-0.3, -0.25) is 9.88 Å². The smallest absolute Gasteiger partial charge is 0.414 e. The van der Waals surface area contributed by atoms with Crippen molar-refractivity contribution in [3.8, 4) is 0 Å². The number of aromatic nitrogens is 1. The van der Waals surface area contributed by atoms with Gasteiger partial charge in [-0.15, -0.1) is 0 Å². The first-order valence-electron chi connectivity index (χ1n) is 6.09. The molecule has 2 N–H and O–H groups in total. The maximum absolute atomic E-state index is 12.0. The molecule has 18 heavy (non-hydrogen) atoms. The Kier molecular flexibility index (Phi) is 3.26. The van der Waals surface area contributed by atoms with Gasteiger partial charge < -0.3 is 10.5 Å². The van der Waals surface area contributed by atoms with Crippen molar-refractivity contribution in [1.29, 1.82) is 0 Å². The molecule has 0 atom stereocenters. The molecule has 1 amide bonds. The molecule has 5 nitrogen and oxygen atoms in total. The van der Waals surface area contributed by atoms with E-state index in [4.69, 9.17) is 10.5 Å². The van der Waals surface area contributed by atoms with Crippen molar-refractivity contribution in [2.75, 3.05) is 11.4 Å². The van der Waals surface area contributed by atoms with Crippen LogP contribution in [0.25, 0.3) is 0 Å². The Morgan fingerprint density at radius 3 is 2.89 bits per heavy atom. The van der Waals surface area contributed by atoms with Crippen molar-refractivity contribution in [1.82, 2.24) is 4.98 Å². The number of amides is 1. The van der Waals surface area contributed by atoms with Gasteiger partial charge in [-0.1, -0.05) is 0 Å². The number of nitrogens with two attached hydrogens (primary N) is 1. The van der Waals surface area contributed by atoms with E-state index >= 15 is 0 Å². The van der Waals surface area contributed by atoms with E-state index < -0.39 is 5.60 Å². The Morgan fingerprint density at radius 2 is 2.28 bits per heavy atom. The average molecular weight is 249 g/mol. The predicted octanol–water partition coefficient (Wildman–Crippen LogP) is 1.84. The van der Waals surface area contributed by atoms with E-state index in [1.807, 2.05) is 26.8 Å². The lowest BCUT2D eigenvalue weighted by Crippen LogP contribution is -2.35. The maximum Gasteiger partial charge on any atom is 0.414 e. The Hall–Kier alpha value is -1.62. The third kappa shape index (κ3) is 2.61. The van der Waals surface area contributed by atoms with E-state index in [2.05, 4.69) is 4.98 Å². The number of nitrogens with zero attached hydrogens (tertiary/aromatic N) is 2. The van der Waals surface area contributed by atoms with Gasteiger partial charge in [-0.2, -0.15) is 0 Å². The van der Waals surface area contributed by atoms with Crippen molar-refractivity contribution in [2.45, 2.75) is 39.3 Å². The van der Waals surface area contributed by atoms with Crippen LogP contribution in [0.2, 0.25) is 0 Å². The molecule has 2 heterocycles. The number of carbonyl (C=O) groups is 1. The molecule has 0 radical (unpaired) electrons. The molecule has 98 valence electrons. The summed E-state index contributed by atoms with van der Waals surface area (Å²) < 4.78 is 5.37. The van der Waals surface area contributed by atoms with Crippen molar-refractivity contribution >= 4 is 11.8 Å². The minimum Gasteiger partial charge on any atom is -0.443 e. The van der Waals surface area contributed by atoms with Gasteiger partial charge in [0.1, 0.15) is 5.60 Å². The number of hydrogen-bond donors (Lipinski definition) is 1.